The number of hydrogen-bond acceptors (Lipinski definition) is 2. The number of carbonyl (C=O) groups is 1. The Morgan fingerprint density at radius 3 is 2.50 bits per heavy atom. The molecule has 1 N–H and O–H groups in total. The normalized spacial score (nSPS) is 12.3. The van der Waals surface area contributed by atoms with E-state index >= 15 is 0 Å². The molecule has 1 aromatic carbocycles. The van der Waals surface area contributed by atoms with Crippen molar-refractivity contribution in [3.05, 3.63) is 29.3 Å². The molecular weight excluding hydrogens is 226 g/mol. The van der Waals surface area contributed by atoms with Crippen LogP contribution in [-0.4, -0.2) is 20.1 Å². The van der Waals surface area contributed by atoms with E-state index in [0.717, 1.165) is 11.3 Å². The van der Waals surface area contributed by atoms with Crippen LogP contribution in [0.1, 0.15) is 50.2 Å². The quantitative estimate of drug-likeness (QED) is 0.871. The first kappa shape index (κ1) is 14.6. The smallest absolute Gasteiger partial charge is 0.220 e. The van der Waals surface area contributed by atoms with Crippen LogP contribution in [0.25, 0.3) is 0 Å². The molecule has 0 aliphatic carbocycles. The second-order valence-electron chi connectivity index (χ2n) is 4.93. The zero-order valence-corrected chi connectivity index (χ0v) is 11.9. The van der Waals surface area contributed by atoms with Crippen LogP contribution in [0.2, 0.25) is 0 Å². The molecule has 0 bridgehead atoms. The summed E-state index contributed by atoms with van der Waals surface area (Å²) >= 11 is 0. The Balaban J connectivity index is 3.03. The van der Waals surface area contributed by atoms with Gasteiger partial charge >= 0.3 is 0 Å². The van der Waals surface area contributed by atoms with Gasteiger partial charge in [-0.15, -0.1) is 0 Å². The van der Waals surface area contributed by atoms with Gasteiger partial charge in [0.2, 0.25) is 5.91 Å². The molecule has 1 atom stereocenters. The Hall–Kier alpha value is -1.51. The Labute approximate surface area is 110 Å². The number of nitrogens with one attached hydrogen (secondary N) is 1. The lowest BCUT2D eigenvalue weighted by Crippen LogP contribution is -2.19. The second kappa shape index (κ2) is 6.43. The van der Waals surface area contributed by atoms with Crippen LogP contribution < -0.4 is 10.1 Å². The molecule has 0 spiro atoms. The minimum Gasteiger partial charge on any atom is -0.496 e. The monoisotopic (exact) mass is 249 g/mol. The van der Waals surface area contributed by atoms with Gasteiger partial charge in [-0.3, -0.25) is 4.79 Å². The van der Waals surface area contributed by atoms with Crippen molar-refractivity contribution in [3.63, 3.8) is 0 Å². The molecule has 18 heavy (non-hydrogen) atoms. The van der Waals surface area contributed by atoms with Crippen LogP contribution in [-0.2, 0) is 4.79 Å². The zero-order valence-electron chi connectivity index (χ0n) is 11.9. The molecule has 0 saturated heterocycles. The molecular formula is C15H23NO2. The highest BCUT2D eigenvalue weighted by atomic mass is 16.5. The van der Waals surface area contributed by atoms with Crippen molar-refractivity contribution in [1.29, 1.82) is 0 Å². The highest BCUT2D eigenvalue weighted by Gasteiger charge is 2.16. The minimum absolute atomic E-state index is 0.0551. The van der Waals surface area contributed by atoms with Crippen molar-refractivity contribution in [3.8, 4) is 5.75 Å². The van der Waals surface area contributed by atoms with E-state index in [1.54, 1.807) is 14.2 Å². The van der Waals surface area contributed by atoms with E-state index in [1.165, 1.54) is 5.56 Å². The van der Waals surface area contributed by atoms with Crippen molar-refractivity contribution < 1.29 is 9.53 Å². The maximum absolute atomic E-state index is 11.5. The molecule has 1 unspecified atom stereocenters. The van der Waals surface area contributed by atoms with Gasteiger partial charge in [-0.2, -0.15) is 0 Å². The summed E-state index contributed by atoms with van der Waals surface area (Å²) in [6, 6.07) is 6.22. The summed E-state index contributed by atoms with van der Waals surface area (Å²) in [6.07, 6.45) is 0.481. The highest BCUT2D eigenvalue weighted by Crippen LogP contribution is 2.31. The average Bonchev–Trinajstić information content (AvgIpc) is 2.37. The summed E-state index contributed by atoms with van der Waals surface area (Å²) < 4.78 is 5.38. The molecule has 0 aromatic heterocycles. The predicted molar refractivity (Wildman–Crippen MR) is 74.2 cm³/mol. The van der Waals surface area contributed by atoms with Gasteiger partial charge in [0, 0.05) is 13.5 Å². The van der Waals surface area contributed by atoms with Crippen LogP contribution in [0.3, 0.4) is 0 Å². The fraction of sp³-hybridized carbons (Fsp3) is 0.533. The first-order valence-electron chi connectivity index (χ1n) is 6.38. The minimum atomic E-state index is 0.0551. The third-order valence-corrected chi connectivity index (χ3v) is 3.22. The number of hydrogen-bond donors (Lipinski definition) is 1. The average molecular weight is 249 g/mol. The number of ether oxygens (including phenoxy) is 1. The van der Waals surface area contributed by atoms with E-state index in [9.17, 15) is 4.79 Å². The van der Waals surface area contributed by atoms with Crippen molar-refractivity contribution in [2.45, 2.75) is 39.0 Å². The maximum Gasteiger partial charge on any atom is 0.220 e. The first-order chi connectivity index (χ1) is 8.49. The second-order valence-corrected chi connectivity index (χ2v) is 4.93. The van der Waals surface area contributed by atoms with E-state index in [2.05, 4.69) is 38.2 Å². The molecule has 1 aromatic rings. The first-order valence-corrected chi connectivity index (χ1v) is 6.38. The van der Waals surface area contributed by atoms with Crippen molar-refractivity contribution in [1.82, 2.24) is 5.32 Å². The topological polar surface area (TPSA) is 38.3 Å². The molecule has 3 heteroatoms. The maximum atomic E-state index is 11.5. The third kappa shape index (κ3) is 3.49. The molecule has 0 radical (unpaired) electrons. The molecule has 0 aliphatic heterocycles. The van der Waals surface area contributed by atoms with Crippen LogP contribution in [0.4, 0.5) is 0 Å². The van der Waals surface area contributed by atoms with Gasteiger partial charge < -0.3 is 10.1 Å². The number of carbonyl (C=O) groups excluding carboxylic acids is 1. The number of amides is 1. The standard InChI is InChI=1S/C15H23NO2/c1-10(2)12-6-7-14(18-5)13(9-12)11(3)8-15(17)16-4/h6-7,9-11H,8H2,1-5H3,(H,16,17). The third-order valence-electron chi connectivity index (χ3n) is 3.22. The molecule has 0 heterocycles. The van der Waals surface area contributed by atoms with Gasteiger partial charge in [-0.1, -0.05) is 32.9 Å². The van der Waals surface area contributed by atoms with Crippen molar-refractivity contribution in [2.24, 2.45) is 0 Å². The number of benzene rings is 1. The van der Waals surface area contributed by atoms with Crippen LogP contribution in [0, 0.1) is 0 Å². The van der Waals surface area contributed by atoms with Gasteiger partial charge in [0.15, 0.2) is 0 Å². The van der Waals surface area contributed by atoms with Gasteiger partial charge in [0.25, 0.3) is 0 Å². The van der Waals surface area contributed by atoms with Crippen molar-refractivity contribution in [2.75, 3.05) is 14.2 Å². The molecule has 0 saturated carbocycles. The van der Waals surface area contributed by atoms with Crippen LogP contribution in [0.5, 0.6) is 5.75 Å². The van der Waals surface area contributed by atoms with E-state index < -0.39 is 0 Å². The summed E-state index contributed by atoms with van der Waals surface area (Å²) in [4.78, 5) is 11.5. The lowest BCUT2D eigenvalue weighted by atomic mass is 9.92. The summed E-state index contributed by atoms with van der Waals surface area (Å²) in [5, 5.41) is 2.66. The summed E-state index contributed by atoms with van der Waals surface area (Å²) in [6.45, 7) is 6.38. The zero-order chi connectivity index (χ0) is 13.7. The number of methoxy groups -OCH3 is 1. The molecule has 1 amide bonds. The fourth-order valence-electron chi connectivity index (χ4n) is 1.99. The largest absolute Gasteiger partial charge is 0.496 e. The highest BCUT2D eigenvalue weighted by molar-refractivity contribution is 5.76. The lowest BCUT2D eigenvalue weighted by Gasteiger charge is -2.17. The van der Waals surface area contributed by atoms with Crippen LogP contribution in [0.15, 0.2) is 18.2 Å². The van der Waals surface area contributed by atoms with Gasteiger partial charge in [0.1, 0.15) is 5.75 Å². The van der Waals surface area contributed by atoms with E-state index in [0.29, 0.717) is 12.3 Å². The van der Waals surface area contributed by atoms with Gasteiger partial charge in [-0.05, 0) is 29.0 Å². The Morgan fingerprint density at radius 1 is 1.33 bits per heavy atom. The van der Waals surface area contributed by atoms with E-state index in [1.807, 2.05) is 6.07 Å². The Morgan fingerprint density at radius 2 is 2.00 bits per heavy atom. The lowest BCUT2D eigenvalue weighted by molar-refractivity contribution is -0.120. The fourth-order valence-corrected chi connectivity index (χ4v) is 1.99. The summed E-state index contributed by atoms with van der Waals surface area (Å²) in [5.74, 6) is 1.54. The SMILES string of the molecule is CNC(=O)CC(C)c1cc(C(C)C)ccc1OC. The number of rotatable bonds is 5. The molecule has 0 fully saturated rings. The van der Waals surface area contributed by atoms with E-state index in [-0.39, 0.29) is 11.8 Å². The van der Waals surface area contributed by atoms with E-state index in [4.69, 9.17) is 4.74 Å². The van der Waals surface area contributed by atoms with Gasteiger partial charge in [-0.25, -0.2) is 0 Å². The van der Waals surface area contributed by atoms with Crippen LogP contribution >= 0.6 is 0 Å². The Bertz CT molecular complexity index is 413. The van der Waals surface area contributed by atoms with Gasteiger partial charge in [0.05, 0.1) is 7.11 Å². The molecule has 1 rings (SSSR count). The molecule has 100 valence electrons. The summed E-state index contributed by atoms with van der Waals surface area (Å²) in [7, 11) is 3.33. The Kier molecular flexibility index (Phi) is 5.20. The molecule has 3 nitrogen and oxygen atoms in total. The van der Waals surface area contributed by atoms with Crippen molar-refractivity contribution >= 4 is 5.91 Å². The molecule has 0 aliphatic rings. The summed E-state index contributed by atoms with van der Waals surface area (Å²) in [5.41, 5.74) is 2.38. The predicted octanol–water partition coefficient (Wildman–Crippen LogP) is 3.06.